The Morgan fingerprint density at radius 1 is 1.43 bits per heavy atom. The maximum atomic E-state index is 9.03. The van der Waals surface area contributed by atoms with Gasteiger partial charge in [0.25, 0.3) is 0 Å². The number of fused-ring (bicyclic) bond motifs is 1. The first-order valence-corrected chi connectivity index (χ1v) is 4.47. The normalized spacial score (nSPS) is 10.7. The summed E-state index contributed by atoms with van der Waals surface area (Å²) in [6.07, 6.45) is 1.62. The Labute approximate surface area is 82.2 Å². The number of aliphatic hydroxyl groups is 1. The average molecular weight is 188 g/mol. The molecule has 0 aliphatic heterocycles. The monoisotopic (exact) mass is 188 g/mol. The lowest BCUT2D eigenvalue weighted by molar-refractivity contribution is 0.282. The third kappa shape index (κ3) is 1.32. The molecule has 72 valence electrons. The molecule has 3 nitrogen and oxygen atoms in total. The van der Waals surface area contributed by atoms with Crippen molar-refractivity contribution in [3.8, 4) is 0 Å². The zero-order chi connectivity index (χ0) is 10.1. The lowest BCUT2D eigenvalue weighted by Gasteiger charge is -2.06. The SMILES string of the molecule is Cc1ccc2ncc(CO)c(N)c2c1. The van der Waals surface area contributed by atoms with Crippen molar-refractivity contribution in [2.75, 3.05) is 5.73 Å². The van der Waals surface area contributed by atoms with Crippen LogP contribution in [0.25, 0.3) is 10.9 Å². The van der Waals surface area contributed by atoms with Crippen molar-refractivity contribution in [3.05, 3.63) is 35.5 Å². The van der Waals surface area contributed by atoms with Gasteiger partial charge in [-0.1, -0.05) is 11.6 Å². The summed E-state index contributed by atoms with van der Waals surface area (Å²) in [6, 6.07) is 5.91. The topological polar surface area (TPSA) is 59.1 Å². The van der Waals surface area contributed by atoms with E-state index in [1.54, 1.807) is 6.20 Å². The van der Waals surface area contributed by atoms with E-state index >= 15 is 0 Å². The van der Waals surface area contributed by atoms with Gasteiger partial charge in [-0.3, -0.25) is 4.98 Å². The van der Waals surface area contributed by atoms with Gasteiger partial charge in [0.1, 0.15) is 0 Å². The summed E-state index contributed by atoms with van der Waals surface area (Å²) in [5.74, 6) is 0. The van der Waals surface area contributed by atoms with Gasteiger partial charge in [0.05, 0.1) is 12.1 Å². The molecule has 0 atom stereocenters. The number of aromatic nitrogens is 1. The summed E-state index contributed by atoms with van der Waals surface area (Å²) in [6.45, 7) is 1.94. The number of aryl methyl sites for hydroxylation is 1. The molecule has 0 amide bonds. The quantitative estimate of drug-likeness (QED) is 0.714. The fourth-order valence-corrected chi connectivity index (χ4v) is 1.49. The van der Waals surface area contributed by atoms with E-state index in [0.29, 0.717) is 11.3 Å². The molecule has 1 aromatic heterocycles. The van der Waals surface area contributed by atoms with Crippen LogP contribution < -0.4 is 5.73 Å². The third-order valence-corrected chi connectivity index (χ3v) is 2.32. The summed E-state index contributed by atoms with van der Waals surface area (Å²) in [7, 11) is 0. The predicted molar refractivity (Wildman–Crippen MR) is 56.8 cm³/mol. The molecule has 14 heavy (non-hydrogen) atoms. The number of nitrogen functional groups attached to an aromatic ring is 1. The number of benzene rings is 1. The van der Waals surface area contributed by atoms with Gasteiger partial charge in [-0.05, 0) is 19.1 Å². The van der Waals surface area contributed by atoms with E-state index < -0.39 is 0 Å². The molecular weight excluding hydrogens is 176 g/mol. The highest BCUT2D eigenvalue weighted by atomic mass is 16.3. The van der Waals surface area contributed by atoms with Crippen molar-refractivity contribution in [2.24, 2.45) is 0 Å². The zero-order valence-electron chi connectivity index (χ0n) is 7.99. The molecule has 0 bridgehead atoms. The van der Waals surface area contributed by atoms with Crippen LogP contribution in [0.1, 0.15) is 11.1 Å². The minimum Gasteiger partial charge on any atom is -0.398 e. The summed E-state index contributed by atoms with van der Waals surface area (Å²) in [4.78, 5) is 4.21. The van der Waals surface area contributed by atoms with E-state index in [0.717, 1.165) is 16.5 Å². The van der Waals surface area contributed by atoms with Crippen LogP contribution in [0.15, 0.2) is 24.4 Å². The molecule has 0 aliphatic rings. The molecule has 1 heterocycles. The van der Waals surface area contributed by atoms with Gasteiger partial charge in [0.15, 0.2) is 0 Å². The number of hydrogen-bond donors (Lipinski definition) is 2. The third-order valence-electron chi connectivity index (χ3n) is 2.32. The van der Waals surface area contributed by atoms with Crippen LogP contribution in [0.3, 0.4) is 0 Å². The number of aliphatic hydroxyl groups excluding tert-OH is 1. The molecular formula is C11H12N2O. The molecule has 0 saturated heterocycles. The van der Waals surface area contributed by atoms with Crippen LogP contribution >= 0.6 is 0 Å². The molecule has 0 unspecified atom stereocenters. The van der Waals surface area contributed by atoms with Gasteiger partial charge in [0, 0.05) is 22.8 Å². The standard InChI is InChI=1S/C11H12N2O/c1-7-2-3-10-9(4-7)11(12)8(6-14)5-13-10/h2-5,14H,6H2,1H3,(H2,12,13). The second kappa shape index (κ2) is 3.27. The highest BCUT2D eigenvalue weighted by Gasteiger charge is 2.04. The fourth-order valence-electron chi connectivity index (χ4n) is 1.49. The minimum absolute atomic E-state index is 0.0668. The largest absolute Gasteiger partial charge is 0.398 e. The van der Waals surface area contributed by atoms with Crippen molar-refractivity contribution < 1.29 is 5.11 Å². The Balaban J connectivity index is 2.79. The van der Waals surface area contributed by atoms with Gasteiger partial charge in [-0.15, -0.1) is 0 Å². The molecule has 0 fully saturated rings. The number of rotatable bonds is 1. The first kappa shape index (κ1) is 8.97. The molecule has 3 heteroatoms. The Morgan fingerprint density at radius 3 is 2.93 bits per heavy atom. The van der Waals surface area contributed by atoms with E-state index in [1.807, 2.05) is 25.1 Å². The van der Waals surface area contributed by atoms with Crippen LogP contribution in [0.5, 0.6) is 0 Å². The molecule has 3 N–H and O–H groups in total. The van der Waals surface area contributed by atoms with Crippen molar-refractivity contribution in [3.63, 3.8) is 0 Å². The number of nitrogens with two attached hydrogens (primary N) is 1. The number of anilines is 1. The lowest BCUT2D eigenvalue weighted by atomic mass is 10.1. The Morgan fingerprint density at radius 2 is 2.21 bits per heavy atom. The molecule has 0 saturated carbocycles. The van der Waals surface area contributed by atoms with Gasteiger partial charge in [0.2, 0.25) is 0 Å². The maximum Gasteiger partial charge on any atom is 0.0723 e. The number of pyridine rings is 1. The molecule has 0 aliphatic carbocycles. The van der Waals surface area contributed by atoms with Crippen LogP contribution in [-0.4, -0.2) is 10.1 Å². The first-order valence-electron chi connectivity index (χ1n) is 4.47. The van der Waals surface area contributed by atoms with Crippen molar-refractivity contribution >= 4 is 16.6 Å². The van der Waals surface area contributed by atoms with Crippen molar-refractivity contribution in [1.29, 1.82) is 0 Å². The second-order valence-electron chi connectivity index (χ2n) is 3.38. The minimum atomic E-state index is -0.0668. The second-order valence-corrected chi connectivity index (χ2v) is 3.38. The first-order chi connectivity index (χ1) is 6.72. The van der Waals surface area contributed by atoms with Gasteiger partial charge in [-0.2, -0.15) is 0 Å². The van der Waals surface area contributed by atoms with Gasteiger partial charge < -0.3 is 10.8 Å². The smallest absolute Gasteiger partial charge is 0.0723 e. The van der Waals surface area contributed by atoms with Crippen molar-refractivity contribution in [2.45, 2.75) is 13.5 Å². The van der Waals surface area contributed by atoms with E-state index in [1.165, 1.54) is 0 Å². The van der Waals surface area contributed by atoms with Crippen LogP contribution in [-0.2, 0) is 6.61 Å². The maximum absolute atomic E-state index is 9.03. The molecule has 1 aromatic carbocycles. The summed E-state index contributed by atoms with van der Waals surface area (Å²) < 4.78 is 0. The van der Waals surface area contributed by atoms with E-state index in [2.05, 4.69) is 4.98 Å². The Hall–Kier alpha value is -1.61. The fraction of sp³-hybridized carbons (Fsp3) is 0.182. The predicted octanol–water partition coefficient (Wildman–Crippen LogP) is 1.62. The van der Waals surface area contributed by atoms with E-state index in [-0.39, 0.29) is 6.61 Å². The van der Waals surface area contributed by atoms with Crippen LogP contribution in [0.2, 0.25) is 0 Å². The zero-order valence-corrected chi connectivity index (χ0v) is 7.99. The average Bonchev–Trinajstić information content (AvgIpc) is 2.20. The summed E-state index contributed by atoms with van der Waals surface area (Å²) >= 11 is 0. The molecule has 0 radical (unpaired) electrons. The molecule has 2 aromatic rings. The van der Waals surface area contributed by atoms with E-state index in [9.17, 15) is 0 Å². The number of nitrogens with zero attached hydrogens (tertiary/aromatic N) is 1. The summed E-state index contributed by atoms with van der Waals surface area (Å²) in [5, 5.41) is 9.94. The highest BCUT2D eigenvalue weighted by Crippen LogP contribution is 2.23. The summed E-state index contributed by atoms with van der Waals surface area (Å²) in [5.41, 5.74) is 9.21. The number of hydrogen-bond acceptors (Lipinski definition) is 3. The van der Waals surface area contributed by atoms with Crippen LogP contribution in [0, 0.1) is 6.92 Å². The molecule has 0 spiro atoms. The highest BCUT2D eigenvalue weighted by molar-refractivity contribution is 5.91. The Kier molecular flexibility index (Phi) is 2.09. The lowest BCUT2D eigenvalue weighted by Crippen LogP contribution is -1.97. The van der Waals surface area contributed by atoms with Crippen LogP contribution in [0.4, 0.5) is 5.69 Å². The van der Waals surface area contributed by atoms with E-state index in [4.69, 9.17) is 10.8 Å². The van der Waals surface area contributed by atoms with Gasteiger partial charge in [-0.25, -0.2) is 0 Å². The van der Waals surface area contributed by atoms with Crippen molar-refractivity contribution in [1.82, 2.24) is 4.98 Å². The van der Waals surface area contributed by atoms with Gasteiger partial charge >= 0.3 is 0 Å². The molecule has 2 rings (SSSR count). The Bertz CT molecular complexity index is 480.